The van der Waals surface area contributed by atoms with Crippen LogP contribution in [0.15, 0.2) is 51.0 Å². The molecule has 0 spiro atoms. The van der Waals surface area contributed by atoms with Gasteiger partial charge < -0.3 is 5.32 Å². The molecule has 0 aliphatic carbocycles. The summed E-state index contributed by atoms with van der Waals surface area (Å²) in [5.74, 6) is -2.42. The molecule has 28 heavy (non-hydrogen) atoms. The fraction of sp³-hybridized carbons (Fsp3) is 0.176. The average molecular weight is 401 g/mol. The molecule has 3 amide bonds. The maximum absolute atomic E-state index is 12.2. The zero-order valence-electron chi connectivity index (χ0n) is 14.4. The fourth-order valence-corrected chi connectivity index (χ4v) is 3.09. The van der Waals surface area contributed by atoms with Crippen molar-refractivity contribution in [2.75, 3.05) is 11.1 Å². The van der Waals surface area contributed by atoms with Gasteiger partial charge in [-0.05, 0) is 12.0 Å². The summed E-state index contributed by atoms with van der Waals surface area (Å²) in [6, 6.07) is 10.6. The van der Waals surface area contributed by atoms with Gasteiger partial charge in [-0.3, -0.25) is 34.0 Å². The van der Waals surface area contributed by atoms with E-state index in [0.717, 1.165) is 23.4 Å². The number of aromatic amines is 1. The highest BCUT2D eigenvalue weighted by molar-refractivity contribution is 8.14. The van der Waals surface area contributed by atoms with Crippen molar-refractivity contribution in [3.63, 3.8) is 0 Å². The largest absolute Gasteiger partial charge is 0.337 e. The maximum atomic E-state index is 12.2. The van der Waals surface area contributed by atoms with Gasteiger partial charge in [0.1, 0.15) is 5.82 Å². The van der Waals surface area contributed by atoms with Gasteiger partial charge in [0, 0.05) is 12.6 Å². The average Bonchev–Trinajstić information content (AvgIpc) is 2.98. The minimum absolute atomic E-state index is 0.0255. The summed E-state index contributed by atoms with van der Waals surface area (Å²) >= 11 is 0.855. The number of rotatable bonds is 6. The van der Waals surface area contributed by atoms with Crippen molar-refractivity contribution in [1.29, 1.82) is 0 Å². The first-order chi connectivity index (χ1) is 13.4. The molecular formula is C17H15N5O5S. The standard InChI is InChI=1S/C17H15N5O5S/c23-12-8-11(18-13(24)9-28-16-20-14(25)15(26)21-16)22(17(27)19-12)7-6-10-4-2-1-3-5-10/h1-5,8H,6-7,9H2,(H,18,24)(H,19,23,27)(H,20,21,25,26). The molecular weight excluding hydrogens is 386 g/mol. The third-order valence-electron chi connectivity index (χ3n) is 3.73. The van der Waals surface area contributed by atoms with E-state index in [9.17, 15) is 24.0 Å². The predicted molar refractivity (Wildman–Crippen MR) is 103 cm³/mol. The first kappa shape index (κ1) is 19.3. The molecule has 1 aromatic carbocycles. The number of aryl methyl sites for hydroxylation is 1. The molecule has 3 rings (SSSR count). The number of carbonyl (C=O) groups is 3. The Hall–Kier alpha value is -3.47. The number of nitrogens with one attached hydrogen (secondary N) is 3. The maximum Gasteiger partial charge on any atom is 0.337 e. The lowest BCUT2D eigenvalue weighted by Crippen LogP contribution is -2.33. The number of aliphatic imine (C=N–C) groups is 1. The smallest absolute Gasteiger partial charge is 0.311 e. The number of nitrogens with zero attached hydrogens (tertiary/aromatic N) is 2. The highest BCUT2D eigenvalue weighted by atomic mass is 32.2. The minimum Gasteiger partial charge on any atom is -0.311 e. The lowest BCUT2D eigenvalue weighted by Gasteiger charge is -2.13. The van der Waals surface area contributed by atoms with Gasteiger partial charge in [-0.25, -0.2) is 4.79 Å². The molecule has 11 heteroatoms. The van der Waals surface area contributed by atoms with Crippen molar-refractivity contribution in [3.8, 4) is 0 Å². The second-order valence-electron chi connectivity index (χ2n) is 5.72. The van der Waals surface area contributed by atoms with Gasteiger partial charge in [0.05, 0.1) is 5.75 Å². The lowest BCUT2D eigenvalue weighted by atomic mass is 10.1. The predicted octanol–water partition coefficient (Wildman–Crippen LogP) is -0.537. The fourth-order valence-electron chi connectivity index (χ4n) is 2.43. The molecule has 0 saturated carbocycles. The van der Waals surface area contributed by atoms with E-state index < -0.39 is 29.0 Å². The van der Waals surface area contributed by atoms with Crippen LogP contribution in [0.5, 0.6) is 0 Å². The first-order valence-corrected chi connectivity index (χ1v) is 9.15. The summed E-state index contributed by atoms with van der Waals surface area (Å²) in [6.07, 6.45) is 0.523. The summed E-state index contributed by atoms with van der Waals surface area (Å²) in [4.78, 5) is 63.7. The van der Waals surface area contributed by atoms with Crippen molar-refractivity contribution in [3.05, 3.63) is 62.8 Å². The normalized spacial score (nSPS) is 13.2. The van der Waals surface area contributed by atoms with Crippen LogP contribution in [0.3, 0.4) is 0 Å². The number of carbonyl (C=O) groups excluding carboxylic acids is 3. The zero-order chi connectivity index (χ0) is 20.1. The van der Waals surface area contributed by atoms with Crippen LogP contribution in [0.4, 0.5) is 5.82 Å². The second kappa shape index (κ2) is 8.48. The van der Waals surface area contributed by atoms with Crippen LogP contribution in [0.25, 0.3) is 0 Å². The van der Waals surface area contributed by atoms with Crippen LogP contribution < -0.4 is 21.9 Å². The Morgan fingerprint density at radius 1 is 1.14 bits per heavy atom. The van der Waals surface area contributed by atoms with Gasteiger partial charge in [-0.2, -0.15) is 4.99 Å². The quantitative estimate of drug-likeness (QED) is 0.555. The third kappa shape index (κ3) is 4.82. The number of hydrogen-bond acceptors (Lipinski definition) is 6. The Labute approximate surface area is 162 Å². The zero-order valence-corrected chi connectivity index (χ0v) is 15.2. The molecule has 0 atom stereocenters. The van der Waals surface area contributed by atoms with E-state index in [1.807, 2.05) is 30.3 Å². The molecule has 0 unspecified atom stereocenters. The van der Waals surface area contributed by atoms with Crippen LogP contribution in [0, 0.1) is 0 Å². The van der Waals surface area contributed by atoms with Crippen LogP contribution in [0.1, 0.15) is 5.56 Å². The number of benzene rings is 1. The molecule has 10 nitrogen and oxygen atoms in total. The van der Waals surface area contributed by atoms with Crippen LogP contribution in [-0.2, 0) is 27.3 Å². The Kier molecular flexibility index (Phi) is 5.84. The van der Waals surface area contributed by atoms with Crippen molar-refractivity contribution < 1.29 is 14.4 Å². The number of amides is 3. The second-order valence-corrected chi connectivity index (χ2v) is 6.69. The molecule has 1 aliphatic rings. The molecule has 2 aromatic rings. The summed E-state index contributed by atoms with van der Waals surface area (Å²) in [7, 11) is 0. The van der Waals surface area contributed by atoms with Gasteiger partial charge in [0.25, 0.3) is 5.56 Å². The number of H-pyrrole nitrogens is 1. The summed E-state index contributed by atoms with van der Waals surface area (Å²) in [6.45, 7) is 0.250. The van der Waals surface area contributed by atoms with Crippen molar-refractivity contribution in [2.45, 2.75) is 13.0 Å². The van der Waals surface area contributed by atoms with E-state index in [1.54, 1.807) is 0 Å². The topological polar surface area (TPSA) is 142 Å². The molecule has 2 heterocycles. The molecule has 0 saturated heterocycles. The highest BCUT2D eigenvalue weighted by Gasteiger charge is 2.24. The van der Waals surface area contributed by atoms with Gasteiger partial charge in [-0.15, -0.1) is 0 Å². The van der Waals surface area contributed by atoms with E-state index in [1.165, 1.54) is 4.57 Å². The van der Waals surface area contributed by atoms with Crippen LogP contribution in [-0.4, -0.2) is 38.2 Å². The SMILES string of the molecule is O=C(CSC1=NC(=O)C(=O)N1)Nc1cc(=O)[nH]c(=O)n1CCc1ccccc1. The van der Waals surface area contributed by atoms with Crippen molar-refractivity contribution in [2.24, 2.45) is 4.99 Å². The molecule has 0 radical (unpaired) electrons. The Morgan fingerprint density at radius 3 is 2.57 bits per heavy atom. The monoisotopic (exact) mass is 401 g/mol. The molecule has 3 N–H and O–H groups in total. The van der Waals surface area contributed by atoms with E-state index in [0.29, 0.717) is 6.42 Å². The number of aromatic nitrogens is 2. The van der Waals surface area contributed by atoms with E-state index >= 15 is 0 Å². The van der Waals surface area contributed by atoms with Gasteiger partial charge in [-0.1, -0.05) is 42.1 Å². The summed E-state index contributed by atoms with van der Waals surface area (Å²) in [5.41, 5.74) is -0.278. The Morgan fingerprint density at radius 2 is 1.89 bits per heavy atom. The van der Waals surface area contributed by atoms with Gasteiger partial charge >= 0.3 is 17.5 Å². The molecule has 0 bridgehead atoms. The Balaban J connectivity index is 1.68. The van der Waals surface area contributed by atoms with E-state index in [-0.39, 0.29) is 23.3 Å². The number of anilines is 1. The first-order valence-electron chi connectivity index (χ1n) is 8.17. The summed E-state index contributed by atoms with van der Waals surface area (Å²) < 4.78 is 1.26. The van der Waals surface area contributed by atoms with Gasteiger partial charge in [0.2, 0.25) is 5.91 Å². The Bertz CT molecular complexity index is 1070. The number of amidine groups is 1. The van der Waals surface area contributed by atoms with Crippen molar-refractivity contribution in [1.82, 2.24) is 14.9 Å². The lowest BCUT2D eigenvalue weighted by molar-refractivity contribution is -0.135. The van der Waals surface area contributed by atoms with Crippen molar-refractivity contribution >= 4 is 40.5 Å². The third-order valence-corrected chi connectivity index (χ3v) is 4.60. The molecule has 144 valence electrons. The molecule has 0 fully saturated rings. The minimum atomic E-state index is -0.924. The number of thioether (sulfide) groups is 1. The van der Waals surface area contributed by atoms with Crippen LogP contribution >= 0.6 is 11.8 Å². The highest BCUT2D eigenvalue weighted by Crippen LogP contribution is 2.09. The van der Waals surface area contributed by atoms with E-state index in [4.69, 9.17) is 0 Å². The van der Waals surface area contributed by atoms with E-state index in [2.05, 4.69) is 20.6 Å². The van der Waals surface area contributed by atoms with Crippen LogP contribution in [0.2, 0.25) is 0 Å². The summed E-state index contributed by atoms with van der Waals surface area (Å²) in [5, 5.41) is 4.76. The van der Waals surface area contributed by atoms with Gasteiger partial charge in [0.15, 0.2) is 5.17 Å². The molecule has 1 aliphatic heterocycles. The molecule has 1 aromatic heterocycles. The number of hydrogen-bond donors (Lipinski definition) is 3.